The summed E-state index contributed by atoms with van der Waals surface area (Å²) in [6.07, 6.45) is 8.81. The van der Waals surface area contributed by atoms with Crippen LogP contribution in [-0.4, -0.2) is 39.7 Å². The minimum absolute atomic E-state index is 0.0139. The smallest absolute Gasteiger partial charge is 0.343 e. The zero-order valence-corrected chi connectivity index (χ0v) is 16.4. The number of hydrogen-bond donors (Lipinski definition) is 2. The summed E-state index contributed by atoms with van der Waals surface area (Å²) in [4.78, 5) is 32.6. The molecule has 0 radical (unpaired) electrons. The van der Waals surface area contributed by atoms with Crippen LogP contribution in [0.2, 0.25) is 0 Å². The van der Waals surface area contributed by atoms with Gasteiger partial charge < -0.3 is 15.8 Å². The quantitative estimate of drug-likeness (QED) is 0.436. The number of ether oxygens (including phenoxy) is 1. The Hall–Kier alpha value is -1.83. The lowest BCUT2D eigenvalue weighted by Gasteiger charge is -2.56. The molecule has 1 aromatic heterocycles. The largest absolute Gasteiger partial charge is 0.462 e. The molecular weight excluding hydrogens is 364 g/mol. The molecule has 5 rings (SSSR count). The molecule has 0 unspecified atom stereocenters. The van der Waals surface area contributed by atoms with Gasteiger partial charge in [0, 0.05) is 11.7 Å². The summed E-state index contributed by atoms with van der Waals surface area (Å²) < 4.78 is 4.91. The van der Waals surface area contributed by atoms with Gasteiger partial charge in [-0.05, 0) is 63.2 Å². The number of rotatable bonds is 6. The third kappa shape index (κ3) is 3.90. The van der Waals surface area contributed by atoms with Crippen molar-refractivity contribution in [2.75, 3.05) is 18.1 Å². The van der Waals surface area contributed by atoms with E-state index in [9.17, 15) is 9.59 Å². The Kier molecular flexibility index (Phi) is 5.01. The maximum atomic E-state index is 12.6. The number of carbonyl (C=O) groups is 2. The highest BCUT2D eigenvalue weighted by Gasteiger charge is 2.51. The van der Waals surface area contributed by atoms with Gasteiger partial charge in [0.05, 0.1) is 12.4 Å². The molecule has 4 aliphatic carbocycles. The molecule has 0 spiro atoms. The van der Waals surface area contributed by atoms with Crippen molar-refractivity contribution in [3.05, 3.63) is 11.8 Å². The second kappa shape index (κ2) is 7.30. The van der Waals surface area contributed by atoms with Gasteiger partial charge in [-0.2, -0.15) is 0 Å². The van der Waals surface area contributed by atoms with Gasteiger partial charge in [0.15, 0.2) is 5.16 Å². The highest BCUT2D eigenvalue weighted by molar-refractivity contribution is 7.99. The standard InChI is InChI=1S/C19H26N4O3S/c1-2-26-17(25)14-9-21-18(22-16(14)20)27-10-15(24)23-19-6-11-3-12(7-19)5-13(4-11)8-19/h9,11-13H,2-8,10H2,1H3,(H,23,24)(H2,20,21,22). The number of nitrogen functional groups attached to an aromatic ring is 1. The molecule has 1 heterocycles. The van der Waals surface area contributed by atoms with Crippen LogP contribution in [0.1, 0.15) is 55.8 Å². The maximum Gasteiger partial charge on any atom is 0.343 e. The first kappa shape index (κ1) is 18.5. The lowest BCUT2D eigenvalue weighted by molar-refractivity contribution is -0.124. The first-order valence-electron chi connectivity index (χ1n) is 9.70. The van der Waals surface area contributed by atoms with E-state index in [0.717, 1.165) is 37.0 Å². The summed E-state index contributed by atoms with van der Waals surface area (Å²) in [5.74, 6) is 2.20. The van der Waals surface area contributed by atoms with Crippen LogP contribution in [0.4, 0.5) is 5.82 Å². The number of anilines is 1. The van der Waals surface area contributed by atoms with Crippen molar-refractivity contribution in [1.82, 2.24) is 15.3 Å². The molecule has 8 heteroatoms. The van der Waals surface area contributed by atoms with Crippen LogP contribution in [0, 0.1) is 17.8 Å². The molecule has 1 aromatic rings. The molecule has 27 heavy (non-hydrogen) atoms. The van der Waals surface area contributed by atoms with Crippen LogP contribution < -0.4 is 11.1 Å². The molecule has 0 saturated heterocycles. The van der Waals surface area contributed by atoms with E-state index in [-0.39, 0.29) is 35.2 Å². The highest BCUT2D eigenvalue weighted by Crippen LogP contribution is 2.55. The fraction of sp³-hybridized carbons (Fsp3) is 0.684. The molecule has 0 aromatic carbocycles. The average molecular weight is 391 g/mol. The lowest BCUT2D eigenvalue weighted by atomic mass is 9.53. The fourth-order valence-corrected chi connectivity index (χ4v) is 6.16. The lowest BCUT2D eigenvalue weighted by Crippen LogP contribution is -2.60. The van der Waals surface area contributed by atoms with Gasteiger partial charge in [-0.25, -0.2) is 14.8 Å². The Bertz CT molecular complexity index is 719. The minimum atomic E-state index is -0.536. The monoisotopic (exact) mass is 390 g/mol. The number of nitrogens with two attached hydrogens (primary N) is 1. The zero-order chi connectivity index (χ0) is 19.0. The van der Waals surface area contributed by atoms with Gasteiger partial charge >= 0.3 is 5.97 Å². The van der Waals surface area contributed by atoms with Crippen molar-refractivity contribution in [3.63, 3.8) is 0 Å². The van der Waals surface area contributed by atoms with Crippen molar-refractivity contribution in [3.8, 4) is 0 Å². The molecule has 7 nitrogen and oxygen atoms in total. The van der Waals surface area contributed by atoms with Gasteiger partial charge in [0.1, 0.15) is 11.4 Å². The SMILES string of the molecule is CCOC(=O)c1cnc(SCC(=O)NC23CC4CC(CC(C4)C2)C3)nc1N. The molecule has 146 valence electrons. The summed E-state index contributed by atoms with van der Waals surface area (Å²) in [5.41, 5.74) is 5.99. The van der Waals surface area contributed by atoms with Crippen LogP contribution in [0.5, 0.6) is 0 Å². The van der Waals surface area contributed by atoms with E-state index in [1.807, 2.05) is 0 Å². The van der Waals surface area contributed by atoms with Gasteiger partial charge in [-0.3, -0.25) is 4.79 Å². The molecule has 1 amide bonds. The van der Waals surface area contributed by atoms with Crippen molar-refractivity contribution >= 4 is 29.5 Å². The summed E-state index contributed by atoms with van der Waals surface area (Å²) >= 11 is 1.24. The minimum Gasteiger partial charge on any atom is -0.462 e. The molecule has 3 N–H and O–H groups in total. The Morgan fingerprint density at radius 1 is 1.26 bits per heavy atom. The van der Waals surface area contributed by atoms with Crippen LogP contribution in [0.3, 0.4) is 0 Å². The van der Waals surface area contributed by atoms with Crippen molar-refractivity contribution in [2.24, 2.45) is 17.8 Å². The normalized spacial score (nSPS) is 30.9. The van der Waals surface area contributed by atoms with Crippen LogP contribution >= 0.6 is 11.8 Å². The topological polar surface area (TPSA) is 107 Å². The number of carbonyl (C=O) groups excluding carboxylic acids is 2. The number of amides is 1. The molecule has 4 aliphatic rings. The molecule has 4 fully saturated rings. The van der Waals surface area contributed by atoms with Gasteiger partial charge in [-0.1, -0.05) is 11.8 Å². The van der Waals surface area contributed by atoms with Crippen LogP contribution in [-0.2, 0) is 9.53 Å². The molecule has 4 bridgehead atoms. The van der Waals surface area contributed by atoms with E-state index in [0.29, 0.717) is 5.16 Å². The number of thioether (sulfide) groups is 1. The summed E-state index contributed by atoms with van der Waals surface area (Å²) in [5, 5.41) is 3.73. The van der Waals surface area contributed by atoms with E-state index >= 15 is 0 Å². The molecule has 0 atom stereocenters. The number of hydrogen-bond acceptors (Lipinski definition) is 7. The Morgan fingerprint density at radius 3 is 2.44 bits per heavy atom. The van der Waals surface area contributed by atoms with Crippen molar-refractivity contribution in [2.45, 2.75) is 56.1 Å². The van der Waals surface area contributed by atoms with Crippen LogP contribution in [0.15, 0.2) is 11.4 Å². The number of nitrogens with zero attached hydrogens (tertiary/aromatic N) is 2. The van der Waals surface area contributed by atoms with Crippen molar-refractivity contribution < 1.29 is 14.3 Å². The maximum absolute atomic E-state index is 12.6. The fourth-order valence-electron chi connectivity index (χ4n) is 5.54. The number of nitrogens with one attached hydrogen (secondary N) is 1. The van der Waals surface area contributed by atoms with E-state index in [2.05, 4.69) is 15.3 Å². The van der Waals surface area contributed by atoms with Crippen LogP contribution in [0.25, 0.3) is 0 Å². The van der Waals surface area contributed by atoms with Crippen molar-refractivity contribution in [1.29, 1.82) is 0 Å². The predicted octanol–water partition coefficient (Wildman–Crippen LogP) is 2.41. The van der Waals surface area contributed by atoms with Gasteiger partial charge in [0.2, 0.25) is 5.91 Å². The third-order valence-corrected chi connectivity index (χ3v) is 6.93. The first-order valence-corrected chi connectivity index (χ1v) is 10.7. The Balaban J connectivity index is 1.33. The molecule has 4 saturated carbocycles. The number of esters is 1. The van der Waals surface area contributed by atoms with Gasteiger partial charge in [-0.15, -0.1) is 0 Å². The molecular formula is C19H26N4O3S. The third-order valence-electron chi connectivity index (χ3n) is 6.07. The summed E-state index contributed by atoms with van der Waals surface area (Å²) in [6.45, 7) is 1.99. The number of aromatic nitrogens is 2. The summed E-state index contributed by atoms with van der Waals surface area (Å²) in [7, 11) is 0. The summed E-state index contributed by atoms with van der Waals surface area (Å²) in [6, 6.07) is 0. The first-order chi connectivity index (χ1) is 13.0. The van der Waals surface area contributed by atoms with E-state index in [1.54, 1.807) is 6.92 Å². The van der Waals surface area contributed by atoms with Gasteiger partial charge in [0.25, 0.3) is 0 Å². The zero-order valence-electron chi connectivity index (χ0n) is 15.6. The predicted molar refractivity (Wildman–Crippen MR) is 102 cm³/mol. The van der Waals surface area contributed by atoms with E-state index < -0.39 is 5.97 Å². The Morgan fingerprint density at radius 2 is 1.89 bits per heavy atom. The molecule has 0 aliphatic heterocycles. The second-order valence-electron chi connectivity index (χ2n) is 8.21. The van der Waals surface area contributed by atoms with E-state index in [1.165, 1.54) is 37.2 Å². The highest BCUT2D eigenvalue weighted by atomic mass is 32.2. The average Bonchev–Trinajstić information content (AvgIpc) is 2.58. The second-order valence-corrected chi connectivity index (χ2v) is 9.15. The van der Waals surface area contributed by atoms with E-state index in [4.69, 9.17) is 10.5 Å². The Labute approximate surface area is 163 Å².